The summed E-state index contributed by atoms with van der Waals surface area (Å²) in [7, 11) is 1.75. The average Bonchev–Trinajstić information content (AvgIpc) is 2.73. The number of nitrogens with one attached hydrogen (secondary N) is 1. The van der Waals surface area contributed by atoms with Crippen molar-refractivity contribution in [2.24, 2.45) is 7.05 Å². The van der Waals surface area contributed by atoms with Crippen LogP contribution in [0.1, 0.15) is 24.8 Å². The van der Waals surface area contributed by atoms with Crippen LogP contribution in [-0.4, -0.2) is 15.7 Å². The molecule has 1 atom stereocenters. The lowest BCUT2D eigenvalue weighted by Gasteiger charge is -2.15. The molecule has 19 heavy (non-hydrogen) atoms. The zero-order valence-electron chi connectivity index (χ0n) is 11.1. The van der Waals surface area contributed by atoms with Gasteiger partial charge in [0, 0.05) is 7.05 Å². The second-order valence-corrected chi connectivity index (χ2v) is 4.43. The molecular formula is C14H18N4O. The fourth-order valence-electron chi connectivity index (χ4n) is 2.07. The predicted octanol–water partition coefficient (Wildman–Crippen LogP) is 2.13. The average molecular weight is 258 g/mol. The summed E-state index contributed by atoms with van der Waals surface area (Å²) >= 11 is 0. The number of nitrogens with zero attached hydrogens (tertiary/aromatic N) is 2. The van der Waals surface area contributed by atoms with Crippen LogP contribution in [0.25, 0.3) is 0 Å². The Morgan fingerprint density at radius 2 is 2.11 bits per heavy atom. The van der Waals surface area contributed by atoms with Gasteiger partial charge >= 0.3 is 0 Å². The second-order valence-electron chi connectivity index (χ2n) is 4.43. The summed E-state index contributed by atoms with van der Waals surface area (Å²) in [6.07, 6.45) is 2.26. The highest BCUT2D eigenvalue weighted by Crippen LogP contribution is 2.23. The Labute approximate surface area is 112 Å². The van der Waals surface area contributed by atoms with Gasteiger partial charge in [0.2, 0.25) is 5.91 Å². The Kier molecular flexibility index (Phi) is 3.85. The van der Waals surface area contributed by atoms with E-state index in [2.05, 4.69) is 10.4 Å². The minimum atomic E-state index is -0.185. The van der Waals surface area contributed by atoms with Crippen molar-refractivity contribution in [2.45, 2.75) is 19.3 Å². The molecule has 2 rings (SSSR count). The summed E-state index contributed by atoms with van der Waals surface area (Å²) in [6, 6.07) is 9.72. The zero-order valence-corrected chi connectivity index (χ0v) is 11.1. The summed E-state index contributed by atoms with van der Waals surface area (Å²) in [5, 5.41) is 6.85. The first kappa shape index (κ1) is 13.1. The van der Waals surface area contributed by atoms with Crippen molar-refractivity contribution in [1.29, 1.82) is 0 Å². The zero-order chi connectivity index (χ0) is 13.8. The molecule has 0 fully saturated rings. The number of anilines is 2. The Hall–Kier alpha value is -2.30. The third kappa shape index (κ3) is 2.76. The molecule has 0 saturated heterocycles. The summed E-state index contributed by atoms with van der Waals surface area (Å²) in [5.74, 6) is 0.291. The van der Waals surface area contributed by atoms with Crippen LogP contribution in [0.4, 0.5) is 11.5 Å². The molecule has 0 aliphatic heterocycles. The minimum Gasteiger partial charge on any atom is -0.394 e. The largest absolute Gasteiger partial charge is 0.394 e. The van der Waals surface area contributed by atoms with Crippen molar-refractivity contribution < 1.29 is 4.79 Å². The van der Waals surface area contributed by atoms with E-state index < -0.39 is 0 Å². The minimum absolute atomic E-state index is 0.0657. The van der Waals surface area contributed by atoms with Crippen LogP contribution >= 0.6 is 0 Å². The van der Waals surface area contributed by atoms with Gasteiger partial charge in [-0.05, 0) is 12.0 Å². The van der Waals surface area contributed by atoms with Crippen LogP contribution in [0.5, 0.6) is 0 Å². The van der Waals surface area contributed by atoms with Gasteiger partial charge in [-0.3, -0.25) is 9.48 Å². The molecule has 1 amide bonds. The number of nitrogen functional groups attached to an aromatic ring is 1. The number of carbonyl (C=O) groups excluding carboxylic acids is 1. The first-order valence-electron chi connectivity index (χ1n) is 6.26. The van der Waals surface area contributed by atoms with Crippen LogP contribution in [0.3, 0.4) is 0 Å². The van der Waals surface area contributed by atoms with Gasteiger partial charge in [-0.15, -0.1) is 0 Å². The van der Waals surface area contributed by atoms with Gasteiger partial charge in [0.25, 0.3) is 0 Å². The third-order valence-corrected chi connectivity index (χ3v) is 3.14. The van der Waals surface area contributed by atoms with Gasteiger partial charge in [0.1, 0.15) is 0 Å². The van der Waals surface area contributed by atoms with Gasteiger partial charge in [-0.25, -0.2) is 0 Å². The van der Waals surface area contributed by atoms with E-state index in [1.165, 1.54) is 6.20 Å². The molecule has 0 radical (unpaired) electrons. The smallest absolute Gasteiger partial charge is 0.233 e. The number of nitrogens with two attached hydrogens (primary N) is 1. The molecule has 0 aliphatic rings. The molecule has 1 aromatic carbocycles. The van der Waals surface area contributed by atoms with Crippen LogP contribution in [-0.2, 0) is 11.8 Å². The number of aryl methyl sites for hydroxylation is 1. The summed E-state index contributed by atoms with van der Waals surface area (Å²) in [4.78, 5) is 12.3. The molecule has 0 bridgehead atoms. The van der Waals surface area contributed by atoms with Crippen LogP contribution in [0, 0.1) is 0 Å². The van der Waals surface area contributed by atoms with Crippen molar-refractivity contribution >= 4 is 17.4 Å². The highest BCUT2D eigenvalue weighted by Gasteiger charge is 2.20. The normalized spacial score (nSPS) is 12.1. The lowest BCUT2D eigenvalue weighted by atomic mass is 9.96. The topological polar surface area (TPSA) is 72.9 Å². The molecule has 0 spiro atoms. The Balaban J connectivity index is 2.19. The summed E-state index contributed by atoms with van der Waals surface area (Å²) in [6.45, 7) is 1.99. The highest BCUT2D eigenvalue weighted by molar-refractivity contribution is 5.97. The third-order valence-electron chi connectivity index (χ3n) is 3.14. The molecule has 2 aromatic rings. The first-order chi connectivity index (χ1) is 9.13. The number of carbonyl (C=O) groups is 1. The van der Waals surface area contributed by atoms with Crippen molar-refractivity contribution in [3.63, 3.8) is 0 Å². The number of amides is 1. The monoisotopic (exact) mass is 258 g/mol. The molecule has 0 saturated carbocycles. The maximum Gasteiger partial charge on any atom is 0.233 e. The predicted molar refractivity (Wildman–Crippen MR) is 75.7 cm³/mol. The van der Waals surface area contributed by atoms with Gasteiger partial charge in [-0.2, -0.15) is 5.10 Å². The molecule has 1 aromatic heterocycles. The van der Waals surface area contributed by atoms with Gasteiger partial charge in [0.15, 0.2) is 5.82 Å². The summed E-state index contributed by atoms with van der Waals surface area (Å²) < 4.78 is 1.56. The Bertz CT molecular complexity index is 543. The van der Waals surface area contributed by atoms with E-state index in [1.54, 1.807) is 11.7 Å². The fourth-order valence-corrected chi connectivity index (χ4v) is 2.07. The fraction of sp³-hybridized carbons (Fsp3) is 0.286. The second kappa shape index (κ2) is 5.56. The van der Waals surface area contributed by atoms with Crippen molar-refractivity contribution in [2.75, 3.05) is 11.1 Å². The number of hydrogen-bond donors (Lipinski definition) is 2. The molecule has 100 valence electrons. The number of benzene rings is 1. The lowest BCUT2D eigenvalue weighted by molar-refractivity contribution is -0.117. The molecule has 1 heterocycles. The molecule has 5 nitrogen and oxygen atoms in total. The van der Waals surface area contributed by atoms with E-state index in [0.29, 0.717) is 11.5 Å². The van der Waals surface area contributed by atoms with E-state index in [9.17, 15) is 4.79 Å². The van der Waals surface area contributed by atoms with E-state index >= 15 is 0 Å². The van der Waals surface area contributed by atoms with Crippen LogP contribution in [0.2, 0.25) is 0 Å². The van der Waals surface area contributed by atoms with Crippen molar-refractivity contribution in [3.05, 3.63) is 42.1 Å². The number of rotatable bonds is 4. The standard InChI is InChI=1S/C14H18N4O/c1-3-11(10-7-5-4-6-8-10)14(19)17-13-12(15)9-16-18(13)2/h4-9,11H,3,15H2,1-2H3,(H,17,19). The van der Waals surface area contributed by atoms with E-state index in [0.717, 1.165) is 12.0 Å². The SMILES string of the molecule is CCC(C(=O)Nc1c(N)cnn1C)c1ccccc1. The Morgan fingerprint density at radius 1 is 1.42 bits per heavy atom. The van der Waals surface area contributed by atoms with E-state index in [1.807, 2.05) is 37.3 Å². The molecule has 1 unspecified atom stereocenters. The number of aromatic nitrogens is 2. The lowest BCUT2D eigenvalue weighted by Crippen LogP contribution is -2.22. The van der Waals surface area contributed by atoms with Crippen LogP contribution in [0.15, 0.2) is 36.5 Å². The van der Waals surface area contributed by atoms with Crippen molar-refractivity contribution in [1.82, 2.24) is 9.78 Å². The summed E-state index contributed by atoms with van der Waals surface area (Å²) in [5.41, 5.74) is 7.25. The quantitative estimate of drug-likeness (QED) is 0.882. The first-order valence-corrected chi connectivity index (χ1v) is 6.26. The molecular weight excluding hydrogens is 240 g/mol. The van der Waals surface area contributed by atoms with E-state index in [-0.39, 0.29) is 11.8 Å². The molecule has 5 heteroatoms. The van der Waals surface area contributed by atoms with E-state index in [4.69, 9.17) is 5.73 Å². The maximum absolute atomic E-state index is 12.3. The van der Waals surface area contributed by atoms with Crippen LogP contribution < -0.4 is 11.1 Å². The van der Waals surface area contributed by atoms with Crippen molar-refractivity contribution in [3.8, 4) is 0 Å². The van der Waals surface area contributed by atoms with Gasteiger partial charge < -0.3 is 11.1 Å². The Morgan fingerprint density at radius 3 is 2.63 bits per heavy atom. The van der Waals surface area contributed by atoms with Gasteiger partial charge in [0.05, 0.1) is 17.8 Å². The molecule has 3 N–H and O–H groups in total. The highest BCUT2D eigenvalue weighted by atomic mass is 16.2. The molecule has 0 aliphatic carbocycles. The number of hydrogen-bond acceptors (Lipinski definition) is 3. The maximum atomic E-state index is 12.3. The van der Waals surface area contributed by atoms with Gasteiger partial charge in [-0.1, -0.05) is 37.3 Å².